The molecule has 0 fully saturated rings. The second-order valence-electron chi connectivity index (χ2n) is 4.39. The lowest BCUT2D eigenvalue weighted by Gasteiger charge is -2.06. The van der Waals surface area contributed by atoms with Crippen molar-refractivity contribution in [3.8, 4) is 17.6 Å². The van der Waals surface area contributed by atoms with E-state index in [2.05, 4.69) is 16.8 Å². The Balaban J connectivity index is 2.20. The zero-order chi connectivity index (χ0) is 15.2. The number of aromatic nitrogens is 1. The molecule has 0 saturated heterocycles. The fraction of sp³-hybridized carbons (Fsp3) is 0.312. The zero-order valence-electron chi connectivity index (χ0n) is 12.3. The number of ether oxygens (including phenoxy) is 1. The van der Waals surface area contributed by atoms with Crippen LogP contribution in [0, 0.1) is 25.7 Å². The number of aliphatic hydroxyl groups is 1. The van der Waals surface area contributed by atoms with Crippen LogP contribution in [0.25, 0.3) is 0 Å². The van der Waals surface area contributed by atoms with E-state index in [-0.39, 0.29) is 6.61 Å². The number of thioether (sulfide) groups is 1. The van der Waals surface area contributed by atoms with Gasteiger partial charge in [-0.2, -0.15) is 0 Å². The average Bonchev–Trinajstić information content (AvgIpc) is 2.82. The molecule has 1 heterocycles. The lowest BCUT2D eigenvalue weighted by atomic mass is 10.1. The molecule has 0 unspecified atom stereocenters. The van der Waals surface area contributed by atoms with Gasteiger partial charge in [0, 0.05) is 11.3 Å². The maximum Gasteiger partial charge on any atom is 0.256 e. The second-order valence-corrected chi connectivity index (χ2v) is 5.32. The van der Waals surface area contributed by atoms with Crippen molar-refractivity contribution in [3.63, 3.8) is 0 Å². The van der Waals surface area contributed by atoms with Gasteiger partial charge in [-0.25, -0.2) is 4.98 Å². The molecule has 2 rings (SSSR count). The van der Waals surface area contributed by atoms with E-state index in [1.807, 2.05) is 32.0 Å². The van der Waals surface area contributed by atoms with Gasteiger partial charge in [-0.15, -0.1) is 0 Å². The summed E-state index contributed by atoms with van der Waals surface area (Å²) in [5, 5.41) is 9.48. The molecule has 0 radical (unpaired) electrons. The molecule has 0 aliphatic heterocycles. The summed E-state index contributed by atoms with van der Waals surface area (Å²) in [4.78, 5) is 4.35. The highest BCUT2D eigenvalue weighted by molar-refractivity contribution is 7.98. The molecule has 0 bridgehead atoms. The van der Waals surface area contributed by atoms with Crippen molar-refractivity contribution in [2.24, 2.45) is 0 Å². The summed E-state index contributed by atoms with van der Waals surface area (Å²) in [6, 6.07) is 5.69. The van der Waals surface area contributed by atoms with Gasteiger partial charge < -0.3 is 14.3 Å². The van der Waals surface area contributed by atoms with Gasteiger partial charge in [0.25, 0.3) is 5.22 Å². The number of oxazole rings is 1. The van der Waals surface area contributed by atoms with Crippen LogP contribution in [0.2, 0.25) is 0 Å². The summed E-state index contributed by atoms with van der Waals surface area (Å²) >= 11 is 1.51. The van der Waals surface area contributed by atoms with Crippen LogP contribution in [-0.4, -0.2) is 23.8 Å². The summed E-state index contributed by atoms with van der Waals surface area (Å²) < 4.78 is 10.8. The van der Waals surface area contributed by atoms with Crippen molar-refractivity contribution in [1.29, 1.82) is 0 Å². The van der Waals surface area contributed by atoms with Crippen molar-refractivity contribution in [2.45, 2.75) is 24.8 Å². The van der Waals surface area contributed by atoms with Crippen molar-refractivity contribution in [2.75, 3.05) is 13.7 Å². The Morgan fingerprint density at radius 3 is 2.81 bits per heavy atom. The molecule has 0 aliphatic rings. The molecule has 1 aromatic carbocycles. The third kappa shape index (κ3) is 4.03. The first kappa shape index (κ1) is 15.5. The van der Waals surface area contributed by atoms with Gasteiger partial charge >= 0.3 is 0 Å². The lowest BCUT2D eigenvalue weighted by molar-refractivity contribution is 0.350. The second kappa shape index (κ2) is 7.21. The zero-order valence-corrected chi connectivity index (χ0v) is 13.1. The number of methoxy groups -OCH3 is 1. The minimum absolute atomic E-state index is 0.156. The molecule has 0 saturated carbocycles. The van der Waals surface area contributed by atoms with Gasteiger partial charge in [0.05, 0.1) is 12.8 Å². The molecule has 0 amide bonds. The Morgan fingerprint density at radius 2 is 2.19 bits per heavy atom. The van der Waals surface area contributed by atoms with Gasteiger partial charge in [-0.1, -0.05) is 23.6 Å². The predicted octanol–water partition coefficient (Wildman–Crippen LogP) is 2.94. The summed E-state index contributed by atoms with van der Waals surface area (Å²) in [6.45, 7) is 3.67. The van der Waals surface area contributed by atoms with Gasteiger partial charge in [0.1, 0.15) is 18.1 Å². The normalized spacial score (nSPS) is 10.1. The summed E-state index contributed by atoms with van der Waals surface area (Å²) in [6.07, 6.45) is 0. The minimum atomic E-state index is -0.156. The van der Waals surface area contributed by atoms with E-state index < -0.39 is 0 Å². The smallest absolute Gasteiger partial charge is 0.256 e. The number of benzene rings is 1. The molecule has 1 aromatic heterocycles. The van der Waals surface area contributed by atoms with E-state index in [1.54, 1.807) is 7.11 Å². The van der Waals surface area contributed by atoms with Crippen molar-refractivity contribution in [3.05, 3.63) is 40.8 Å². The molecular weight excluding hydrogens is 286 g/mol. The Bertz CT molecular complexity index is 663. The highest BCUT2D eigenvalue weighted by Crippen LogP contribution is 2.27. The van der Waals surface area contributed by atoms with Gasteiger partial charge in [0.15, 0.2) is 0 Å². The van der Waals surface area contributed by atoms with Crippen LogP contribution in [0.4, 0.5) is 0 Å². The van der Waals surface area contributed by atoms with Crippen LogP contribution in [-0.2, 0) is 5.75 Å². The summed E-state index contributed by atoms with van der Waals surface area (Å²) in [7, 11) is 1.63. The highest BCUT2D eigenvalue weighted by Gasteiger charge is 2.09. The van der Waals surface area contributed by atoms with Gasteiger partial charge in [-0.05, 0) is 37.6 Å². The van der Waals surface area contributed by atoms with Crippen molar-refractivity contribution < 1.29 is 14.3 Å². The van der Waals surface area contributed by atoms with Crippen LogP contribution in [0.1, 0.15) is 22.6 Å². The van der Waals surface area contributed by atoms with E-state index in [0.29, 0.717) is 11.0 Å². The van der Waals surface area contributed by atoms with Gasteiger partial charge in [0.2, 0.25) is 0 Å². The molecule has 4 nitrogen and oxygen atoms in total. The third-order valence-corrected chi connectivity index (χ3v) is 3.85. The van der Waals surface area contributed by atoms with E-state index in [4.69, 9.17) is 14.3 Å². The molecular formula is C16H17NO3S. The van der Waals surface area contributed by atoms with E-state index in [0.717, 1.165) is 28.3 Å². The Morgan fingerprint density at radius 1 is 1.38 bits per heavy atom. The number of hydrogen-bond donors (Lipinski definition) is 1. The first-order valence-electron chi connectivity index (χ1n) is 6.47. The standard InChI is InChI=1S/C16H17NO3S/c1-11-12(2)20-16(17-11)21-10-14-9-15(19-3)7-6-13(14)5-4-8-18/h6-7,9,18H,8,10H2,1-3H3. The molecule has 110 valence electrons. The average molecular weight is 303 g/mol. The van der Waals surface area contributed by atoms with Crippen molar-refractivity contribution in [1.82, 2.24) is 4.98 Å². The molecule has 21 heavy (non-hydrogen) atoms. The van der Waals surface area contributed by atoms with Crippen molar-refractivity contribution >= 4 is 11.8 Å². The third-order valence-electron chi connectivity index (χ3n) is 2.97. The number of rotatable bonds is 4. The maximum absolute atomic E-state index is 8.83. The van der Waals surface area contributed by atoms with Crippen LogP contribution in [0.5, 0.6) is 5.75 Å². The number of aliphatic hydroxyl groups excluding tert-OH is 1. The monoisotopic (exact) mass is 303 g/mol. The first-order valence-corrected chi connectivity index (χ1v) is 7.46. The lowest BCUT2D eigenvalue weighted by Crippen LogP contribution is -1.91. The molecule has 2 aromatic rings. The fourth-order valence-corrected chi connectivity index (χ4v) is 2.62. The SMILES string of the molecule is COc1ccc(C#CCO)c(CSc2nc(C)c(C)o2)c1. The Labute approximate surface area is 128 Å². The molecule has 0 atom stereocenters. The predicted molar refractivity (Wildman–Crippen MR) is 82.5 cm³/mol. The largest absolute Gasteiger partial charge is 0.497 e. The van der Waals surface area contributed by atoms with E-state index in [1.165, 1.54) is 11.8 Å². The van der Waals surface area contributed by atoms with E-state index in [9.17, 15) is 0 Å². The Hall–Kier alpha value is -1.90. The van der Waals surface area contributed by atoms with Gasteiger partial charge in [-0.3, -0.25) is 0 Å². The fourth-order valence-electron chi connectivity index (χ4n) is 1.72. The Kier molecular flexibility index (Phi) is 5.32. The summed E-state index contributed by atoms with van der Waals surface area (Å²) in [5.41, 5.74) is 2.80. The number of nitrogens with zero attached hydrogens (tertiary/aromatic N) is 1. The van der Waals surface area contributed by atoms with Crippen LogP contribution < -0.4 is 4.74 Å². The summed E-state index contributed by atoms with van der Waals surface area (Å²) in [5.74, 6) is 7.90. The molecule has 0 spiro atoms. The van der Waals surface area contributed by atoms with Crippen LogP contribution in [0.3, 0.4) is 0 Å². The quantitative estimate of drug-likeness (QED) is 0.695. The minimum Gasteiger partial charge on any atom is -0.497 e. The number of hydrogen-bond acceptors (Lipinski definition) is 5. The van der Waals surface area contributed by atoms with Crippen LogP contribution >= 0.6 is 11.8 Å². The first-order chi connectivity index (χ1) is 10.1. The topological polar surface area (TPSA) is 55.5 Å². The molecule has 5 heteroatoms. The molecule has 1 N–H and O–H groups in total. The molecule has 0 aliphatic carbocycles. The van der Waals surface area contributed by atoms with Crippen LogP contribution in [0.15, 0.2) is 27.8 Å². The highest BCUT2D eigenvalue weighted by atomic mass is 32.2. The van der Waals surface area contributed by atoms with E-state index >= 15 is 0 Å². The maximum atomic E-state index is 8.83. The number of aryl methyl sites for hydroxylation is 2.